The maximum atomic E-state index is 14.6. The highest BCUT2D eigenvalue weighted by Crippen LogP contribution is 2.29. The van der Waals surface area contributed by atoms with Gasteiger partial charge in [-0.25, -0.2) is 9.02 Å². The van der Waals surface area contributed by atoms with Crippen molar-refractivity contribution in [3.63, 3.8) is 0 Å². The molecule has 0 radical (unpaired) electrons. The molecule has 0 fully saturated rings. The molecule has 0 spiro atoms. The van der Waals surface area contributed by atoms with E-state index in [1.54, 1.807) is 38.1 Å². The Hall–Kier alpha value is -4.05. The largest absolute Gasteiger partial charge is 0.350 e. The molecule has 8 nitrogen and oxygen atoms in total. The lowest BCUT2D eigenvalue weighted by molar-refractivity contribution is 0.0939. The van der Waals surface area contributed by atoms with Crippen LogP contribution in [0.25, 0.3) is 0 Å². The summed E-state index contributed by atoms with van der Waals surface area (Å²) in [7, 11) is -4.33. The standard InChI is InChI=1S/C26H25FN4O4S/c1-18(2)28-25(32)22-16-21(13-14-23(22)27)31(17-20-11-7-4-8-12-20)36(33,34)26-24(29-35-30-26)15-19-9-5-3-6-10-19/h3-14,16,18H,15,17H2,1-2H3,(H,28,32). The minimum atomic E-state index is -4.33. The van der Waals surface area contributed by atoms with E-state index in [0.717, 1.165) is 15.9 Å². The van der Waals surface area contributed by atoms with Gasteiger partial charge in [0.25, 0.3) is 15.9 Å². The number of sulfonamides is 1. The Morgan fingerprint density at radius 1 is 0.972 bits per heavy atom. The average molecular weight is 509 g/mol. The van der Waals surface area contributed by atoms with E-state index in [1.165, 1.54) is 12.1 Å². The maximum absolute atomic E-state index is 14.6. The molecule has 1 N–H and O–H groups in total. The summed E-state index contributed by atoms with van der Waals surface area (Å²) >= 11 is 0. The summed E-state index contributed by atoms with van der Waals surface area (Å²) in [6.07, 6.45) is 0.184. The highest BCUT2D eigenvalue weighted by molar-refractivity contribution is 7.92. The number of benzene rings is 3. The molecule has 1 aromatic heterocycles. The van der Waals surface area contributed by atoms with Crippen molar-refractivity contribution in [2.24, 2.45) is 0 Å². The summed E-state index contributed by atoms with van der Waals surface area (Å²) in [6.45, 7) is 3.41. The number of aromatic nitrogens is 2. The van der Waals surface area contributed by atoms with Gasteiger partial charge in [0.05, 0.1) is 17.8 Å². The SMILES string of the molecule is CC(C)NC(=O)c1cc(N(Cc2ccccc2)S(=O)(=O)c2nonc2Cc2ccccc2)ccc1F. The van der Waals surface area contributed by atoms with Crippen LogP contribution in [0.4, 0.5) is 10.1 Å². The van der Waals surface area contributed by atoms with E-state index in [1.807, 2.05) is 36.4 Å². The minimum absolute atomic E-state index is 0.0856. The van der Waals surface area contributed by atoms with Crippen LogP contribution in [0.5, 0.6) is 0 Å². The first-order valence-corrected chi connectivity index (χ1v) is 12.7. The first-order valence-electron chi connectivity index (χ1n) is 11.3. The zero-order valence-corrected chi connectivity index (χ0v) is 20.6. The molecular weight excluding hydrogens is 483 g/mol. The van der Waals surface area contributed by atoms with Gasteiger partial charge in [0.2, 0.25) is 5.03 Å². The normalized spacial score (nSPS) is 11.4. The summed E-state index contributed by atoms with van der Waals surface area (Å²) in [4.78, 5) is 12.6. The molecule has 0 unspecified atom stereocenters. The van der Waals surface area contributed by atoms with Crippen molar-refractivity contribution in [3.8, 4) is 0 Å². The van der Waals surface area contributed by atoms with Crippen LogP contribution in [0.1, 0.15) is 41.0 Å². The molecule has 10 heteroatoms. The minimum Gasteiger partial charge on any atom is -0.350 e. The number of hydrogen-bond donors (Lipinski definition) is 1. The first-order chi connectivity index (χ1) is 17.3. The van der Waals surface area contributed by atoms with Gasteiger partial charge in [-0.3, -0.25) is 9.10 Å². The summed E-state index contributed by atoms with van der Waals surface area (Å²) in [5, 5.41) is 9.84. The third kappa shape index (κ3) is 5.60. The van der Waals surface area contributed by atoms with E-state index in [2.05, 4.69) is 15.6 Å². The quantitative estimate of drug-likeness (QED) is 0.361. The Morgan fingerprint density at radius 3 is 2.25 bits per heavy atom. The predicted molar refractivity (Wildman–Crippen MR) is 132 cm³/mol. The number of nitrogens with zero attached hydrogens (tertiary/aromatic N) is 3. The van der Waals surface area contributed by atoms with E-state index in [4.69, 9.17) is 4.63 Å². The molecule has 4 aromatic rings. The molecule has 1 amide bonds. The fourth-order valence-electron chi connectivity index (χ4n) is 3.64. The number of rotatable bonds is 9. The van der Waals surface area contributed by atoms with E-state index in [0.29, 0.717) is 5.56 Å². The topological polar surface area (TPSA) is 105 Å². The zero-order valence-electron chi connectivity index (χ0n) is 19.8. The van der Waals surface area contributed by atoms with Gasteiger partial charge in [0.1, 0.15) is 11.5 Å². The van der Waals surface area contributed by atoms with Crippen LogP contribution < -0.4 is 9.62 Å². The predicted octanol–water partition coefficient (Wildman–Crippen LogP) is 4.33. The van der Waals surface area contributed by atoms with Crippen LogP contribution in [0.15, 0.2) is 88.5 Å². The summed E-state index contributed by atoms with van der Waals surface area (Å²) in [5.41, 5.74) is 1.48. The summed E-state index contributed by atoms with van der Waals surface area (Å²) < 4.78 is 48.3. The highest BCUT2D eigenvalue weighted by atomic mass is 32.2. The summed E-state index contributed by atoms with van der Waals surface area (Å²) in [6, 6.07) is 21.5. The van der Waals surface area contributed by atoms with E-state index in [-0.39, 0.29) is 41.0 Å². The van der Waals surface area contributed by atoms with Crippen LogP contribution in [0, 0.1) is 5.82 Å². The van der Waals surface area contributed by atoms with Crippen LogP contribution in [-0.4, -0.2) is 30.7 Å². The molecule has 36 heavy (non-hydrogen) atoms. The number of amides is 1. The van der Waals surface area contributed by atoms with Crippen molar-refractivity contribution in [3.05, 3.63) is 107 Å². The molecule has 0 bridgehead atoms. The second-order valence-corrected chi connectivity index (χ2v) is 10.2. The Kier molecular flexibility index (Phi) is 7.44. The second-order valence-electron chi connectivity index (χ2n) is 8.47. The van der Waals surface area contributed by atoms with E-state index < -0.39 is 21.7 Å². The molecule has 0 aliphatic heterocycles. The molecule has 186 valence electrons. The number of carbonyl (C=O) groups is 1. The van der Waals surface area contributed by atoms with Crippen LogP contribution >= 0.6 is 0 Å². The van der Waals surface area contributed by atoms with Gasteiger partial charge in [-0.2, -0.15) is 8.42 Å². The van der Waals surface area contributed by atoms with Gasteiger partial charge in [-0.1, -0.05) is 65.8 Å². The molecule has 4 rings (SSSR count). The number of nitrogens with one attached hydrogen (secondary N) is 1. The molecule has 1 heterocycles. The van der Waals surface area contributed by atoms with Gasteiger partial charge in [-0.05, 0) is 48.3 Å². The molecule has 0 atom stereocenters. The fraction of sp³-hybridized carbons (Fsp3) is 0.192. The van der Waals surface area contributed by atoms with E-state index in [9.17, 15) is 17.6 Å². The van der Waals surface area contributed by atoms with Gasteiger partial charge < -0.3 is 5.32 Å². The van der Waals surface area contributed by atoms with Crippen molar-refractivity contribution in [2.75, 3.05) is 4.31 Å². The monoisotopic (exact) mass is 508 g/mol. The Bertz CT molecular complexity index is 1440. The van der Waals surface area contributed by atoms with E-state index >= 15 is 0 Å². The lowest BCUT2D eigenvalue weighted by Gasteiger charge is -2.24. The van der Waals surface area contributed by atoms with Crippen LogP contribution in [0.2, 0.25) is 0 Å². The lowest BCUT2D eigenvalue weighted by atomic mass is 10.1. The third-order valence-corrected chi connectivity index (χ3v) is 7.06. The number of anilines is 1. The molecular formula is C26H25FN4O4S. The molecule has 3 aromatic carbocycles. The lowest BCUT2D eigenvalue weighted by Crippen LogP contribution is -2.33. The van der Waals surface area contributed by atoms with Gasteiger partial charge in [0, 0.05) is 12.5 Å². The van der Waals surface area contributed by atoms with Crippen molar-refractivity contribution in [2.45, 2.75) is 37.9 Å². The molecule has 0 saturated carbocycles. The molecule has 0 saturated heterocycles. The second kappa shape index (κ2) is 10.7. The smallest absolute Gasteiger partial charge is 0.287 e. The Labute approximate surface area is 208 Å². The Morgan fingerprint density at radius 2 is 1.61 bits per heavy atom. The van der Waals surface area contributed by atoms with Crippen molar-refractivity contribution in [1.82, 2.24) is 15.6 Å². The fourth-order valence-corrected chi connectivity index (χ4v) is 5.10. The average Bonchev–Trinajstić information content (AvgIpc) is 3.33. The van der Waals surface area contributed by atoms with Crippen molar-refractivity contribution >= 4 is 21.6 Å². The number of halogens is 1. The Balaban J connectivity index is 1.79. The molecule has 0 aliphatic rings. The third-order valence-electron chi connectivity index (χ3n) is 5.34. The van der Waals surface area contributed by atoms with Gasteiger partial charge in [-0.15, -0.1) is 0 Å². The zero-order chi connectivity index (χ0) is 25.7. The van der Waals surface area contributed by atoms with Crippen LogP contribution in [0.3, 0.4) is 0 Å². The molecule has 0 aliphatic carbocycles. The summed E-state index contributed by atoms with van der Waals surface area (Å²) in [5.74, 6) is -1.41. The number of carbonyl (C=O) groups excluding carboxylic acids is 1. The first kappa shape index (κ1) is 25.1. The van der Waals surface area contributed by atoms with Gasteiger partial charge >= 0.3 is 0 Å². The van der Waals surface area contributed by atoms with Crippen molar-refractivity contribution < 1.29 is 22.2 Å². The maximum Gasteiger partial charge on any atom is 0.287 e. The van der Waals surface area contributed by atoms with Crippen LogP contribution in [-0.2, 0) is 23.0 Å². The highest BCUT2D eigenvalue weighted by Gasteiger charge is 2.33. The van der Waals surface area contributed by atoms with Crippen molar-refractivity contribution in [1.29, 1.82) is 0 Å². The van der Waals surface area contributed by atoms with Gasteiger partial charge in [0.15, 0.2) is 0 Å². The number of hydrogen-bond acceptors (Lipinski definition) is 6.